The van der Waals surface area contributed by atoms with Gasteiger partial charge in [-0.05, 0) is 39.0 Å². The minimum absolute atomic E-state index is 0.117. The normalized spacial score (nSPS) is 12.6. The summed E-state index contributed by atoms with van der Waals surface area (Å²) in [6.45, 7) is 10.9. The molecule has 0 fully saturated rings. The summed E-state index contributed by atoms with van der Waals surface area (Å²) in [6.07, 6.45) is 3.97. The molecule has 2 heteroatoms. The predicted octanol–water partition coefficient (Wildman–Crippen LogP) is 4.10. The average molecular weight is 226 g/mol. The Morgan fingerprint density at radius 3 is 2.25 bits per heavy atom. The fourth-order valence-electron chi connectivity index (χ4n) is 1.67. The van der Waals surface area contributed by atoms with Gasteiger partial charge in [-0.1, -0.05) is 32.8 Å². The third-order valence-electron chi connectivity index (χ3n) is 2.63. The standard InChI is InChI=1S/C14H26O2/c1-6-8-12(5)13(10-9-11(3)4)14(15)16-7-2/h11H,6-10H2,1-5H3/b13-12-. The van der Waals surface area contributed by atoms with E-state index in [0.29, 0.717) is 12.5 Å². The Morgan fingerprint density at radius 1 is 1.19 bits per heavy atom. The van der Waals surface area contributed by atoms with Gasteiger partial charge in [0.25, 0.3) is 0 Å². The molecule has 0 bridgehead atoms. The molecular weight excluding hydrogens is 200 g/mol. The van der Waals surface area contributed by atoms with E-state index < -0.39 is 0 Å². The van der Waals surface area contributed by atoms with Crippen LogP contribution in [0, 0.1) is 5.92 Å². The zero-order valence-corrected chi connectivity index (χ0v) is 11.4. The van der Waals surface area contributed by atoms with Crippen molar-refractivity contribution < 1.29 is 9.53 Å². The second-order valence-corrected chi connectivity index (χ2v) is 4.66. The fourth-order valence-corrected chi connectivity index (χ4v) is 1.67. The van der Waals surface area contributed by atoms with Crippen LogP contribution in [-0.4, -0.2) is 12.6 Å². The lowest BCUT2D eigenvalue weighted by atomic mass is 9.97. The van der Waals surface area contributed by atoms with Crippen molar-refractivity contribution in [1.82, 2.24) is 0 Å². The van der Waals surface area contributed by atoms with Gasteiger partial charge in [0.05, 0.1) is 6.61 Å². The van der Waals surface area contributed by atoms with Crippen LogP contribution in [0.2, 0.25) is 0 Å². The van der Waals surface area contributed by atoms with Crippen molar-refractivity contribution in [2.24, 2.45) is 5.92 Å². The van der Waals surface area contributed by atoms with Crippen LogP contribution in [0.1, 0.15) is 60.3 Å². The highest BCUT2D eigenvalue weighted by Crippen LogP contribution is 2.19. The number of hydrogen-bond donors (Lipinski definition) is 0. The highest BCUT2D eigenvalue weighted by atomic mass is 16.5. The molecule has 94 valence electrons. The molecule has 16 heavy (non-hydrogen) atoms. The number of carbonyl (C=O) groups is 1. The third-order valence-corrected chi connectivity index (χ3v) is 2.63. The first kappa shape index (κ1) is 15.2. The minimum Gasteiger partial charge on any atom is -0.463 e. The molecular formula is C14H26O2. The average Bonchev–Trinajstić information content (AvgIpc) is 2.18. The van der Waals surface area contributed by atoms with Crippen LogP contribution >= 0.6 is 0 Å². The van der Waals surface area contributed by atoms with Crippen molar-refractivity contribution in [3.05, 3.63) is 11.1 Å². The highest BCUT2D eigenvalue weighted by molar-refractivity contribution is 5.89. The molecule has 0 saturated carbocycles. The zero-order valence-electron chi connectivity index (χ0n) is 11.4. The summed E-state index contributed by atoms with van der Waals surface area (Å²) >= 11 is 0. The first-order valence-corrected chi connectivity index (χ1v) is 6.38. The van der Waals surface area contributed by atoms with Gasteiger partial charge in [0.1, 0.15) is 0 Å². The van der Waals surface area contributed by atoms with Gasteiger partial charge in [0, 0.05) is 5.57 Å². The van der Waals surface area contributed by atoms with Crippen molar-refractivity contribution >= 4 is 5.97 Å². The monoisotopic (exact) mass is 226 g/mol. The predicted molar refractivity (Wildman–Crippen MR) is 68.3 cm³/mol. The second-order valence-electron chi connectivity index (χ2n) is 4.66. The van der Waals surface area contributed by atoms with Crippen LogP contribution in [-0.2, 0) is 9.53 Å². The smallest absolute Gasteiger partial charge is 0.333 e. The Bertz CT molecular complexity index is 239. The molecule has 0 aliphatic carbocycles. The SMILES string of the molecule is CCC/C(C)=C(/CCC(C)C)C(=O)OCC. The third kappa shape index (κ3) is 5.94. The van der Waals surface area contributed by atoms with Gasteiger partial charge in [-0.2, -0.15) is 0 Å². The molecule has 0 amide bonds. The van der Waals surface area contributed by atoms with E-state index in [-0.39, 0.29) is 5.97 Å². The van der Waals surface area contributed by atoms with Crippen molar-refractivity contribution in [1.29, 1.82) is 0 Å². The molecule has 0 aromatic carbocycles. The lowest BCUT2D eigenvalue weighted by molar-refractivity contribution is -0.138. The Morgan fingerprint density at radius 2 is 1.81 bits per heavy atom. The zero-order chi connectivity index (χ0) is 12.6. The largest absolute Gasteiger partial charge is 0.463 e. The summed E-state index contributed by atoms with van der Waals surface area (Å²) in [5, 5.41) is 0. The Labute approximate surface area is 100 Å². The quantitative estimate of drug-likeness (QED) is 0.482. The van der Waals surface area contributed by atoms with Gasteiger partial charge < -0.3 is 4.74 Å². The number of hydrogen-bond acceptors (Lipinski definition) is 2. The minimum atomic E-state index is -0.117. The van der Waals surface area contributed by atoms with E-state index in [4.69, 9.17) is 4.74 Å². The van der Waals surface area contributed by atoms with Crippen molar-refractivity contribution in [2.75, 3.05) is 6.61 Å². The maximum absolute atomic E-state index is 11.8. The number of carbonyl (C=O) groups excluding carboxylic acids is 1. The Hall–Kier alpha value is -0.790. The molecule has 2 nitrogen and oxygen atoms in total. The molecule has 0 unspecified atom stereocenters. The number of rotatable bonds is 7. The van der Waals surface area contributed by atoms with Gasteiger partial charge in [-0.3, -0.25) is 0 Å². The Balaban J connectivity index is 4.61. The van der Waals surface area contributed by atoms with Crippen LogP contribution in [0.4, 0.5) is 0 Å². The van der Waals surface area contributed by atoms with E-state index in [9.17, 15) is 4.79 Å². The molecule has 0 aromatic heterocycles. The number of esters is 1. The first-order valence-electron chi connectivity index (χ1n) is 6.38. The molecule has 0 aliphatic rings. The fraction of sp³-hybridized carbons (Fsp3) is 0.786. The van der Waals surface area contributed by atoms with E-state index in [1.807, 2.05) is 6.92 Å². The van der Waals surface area contributed by atoms with Gasteiger partial charge in [-0.25, -0.2) is 4.79 Å². The summed E-state index contributed by atoms with van der Waals surface area (Å²) in [7, 11) is 0. The maximum Gasteiger partial charge on any atom is 0.333 e. The summed E-state index contributed by atoms with van der Waals surface area (Å²) in [5.74, 6) is 0.507. The lowest BCUT2D eigenvalue weighted by Crippen LogP contribution is -2.10. The molecule has 0 spiro atoms. The Kier molecular flexibility index (Phi) is 7.96. The van der Waals surface area contributed by atoms with E-state index in [1.165, 1.54) is 5.57 Å². The van der Waals surface area contributed by atoms with Crippen LogP contribution in [0.3, 0.4) is 0 Å². The van der Waals surface area contributed by atoms with Crippen molar-refractivity contribution in [2.45, 2.75) is 60.3 Å². The van der Waals surface area contributed by atoms with Crippen LogP contribution in [0.25, 0.3) is 0 Å². The molecule has 0 radical (unpaired) electrons. The van der Waals surface area contributed by atoms with Gasteiger partial charge in [0.15, 0.2) is 0 Å². The molecule has 0 N–H and O–H groups in total. The summed E-state index contributed by atoms with van der Waals surface area (Å²) in [6, 6.07) is 0. The summed E-state index contributed by atoms with van der Waals surface area (Å²) < 4.78 is 5.11. The van der Waals surface area contributed by atoms with Crippen LogP contribution in [0.5, 0.6) is 0 Å². The van der Waals surface area contributed by atoms with E-state index in [2.05, 4.69) is 27.7 Å². The molecule has 0 saturated heterocycles. The van der Waals surface area contributed by atoms with Crippen molar-refractivity contribution in [3.8, 4) is 0 Å². The summed E-state index contributed by atoms with van der Waals surface area (Å²) in [4.78, 5) is 11.8. The van der Waals surface area contributed by atoms with Gasteiger partial charge >= 0.3 is 5.97 Å². The lowest BCUT2D eigenvalue weighted by Gasteiger charge is -2.12. The van der Waals surface area contributed by atoms with Gasteiger partial charge in [-0.15, -0.1) is 0 Å². The molecule has 0 rings (SSSR count). The van der Waals surface area contributed by atoms with Crippen molar-refractivity contribution in [3.63, 3.8) is 0 Å². The van der Waals surface area contributed by atoms with Crippen LogP contribution < -0.4 is 0 Å². The highest BCUT2D eigenvalue weighted by Gasteiger charge is 2.14. The molecule has 0 heterocycles. The van der Waals surface area contributed by atoms with E-state index >= 15 is 0 Å². The second kappa shape index (κ2) is 8.37. The molecule has 0 atom stereocenters. The number of allylic oxidation sites excluding steroid dienone is 1. The van der Waals surface area contributed by atoms with Crippen LogP contribution in [0.15, 0.2) is 11.1 Å². The first-order chi connectivity index (χ1) is 7.52. The topological polar surface area (TPSA) is 26.3 Å². The number of ether oxygens (including phenoxy) is 1. The van der Waals surface area contributed by atoms with E-state index in [0.717, 1.165) is 31.3 Å². The molecule has 0 aromatic rings. The van der Waals surface area contributed by atoms with E-state index in [1.54, 1.807) is 0 Å². The maximum atomic E-state index is 11.8. The van der Waals surface area contributed by atoms with Gasteiger partial charge in [0.2, 0.25) is 0 Å². The molecule has 0 aliphatic heterocycles. The summed E-state index contributed by atoms with van der Waals surface area (Å²) in [5.41, 5.74) is 2.10.